The SMILES string of the molecule is COc1ccc(-c2cc(=O)[nH]c(Nc3ccc(F)cc3)n2)cc1. The zero-order valence-corrected chi connectivity index (χ0v) is 12.3. The second-order valence-electron chi connectivity index (χ2n) is 4.84. The molecule has 116 valence electrons. The second kappa shape index (κ2) is 6.31. The van der Waals surface area contributed by atoms with Crippen molar-refractivity contribution in [1.29, 1.82) is 0 Å². The van der Waals surface area contributed by atoms with Crippen LogP contribution in [0.25, 0.3) is 11.3 Å². The lowest BCUT2D eigenvalue weighted by molar-refractivity contribution is 0.415. The molecule has 0 amide bonds. The fourth-order valence-corrected chi connectivity index (χ4v) is 2.10. The molecule has 0 atom stereocenters. The molecule has 2 N–H and O–H groups in total. The number of anilines is 2. The van der Waals surface area contributed by atoms with E-state index in [0.29, 0.717) is 11.4 Å². The summed E-state index contributed by atoms with van der Waals surface area (Å²) in [5.41, 5.74) is 1.66. The summed E-state index contributed by atoms with van der Waals surface area (Å²) in [6.07, 6.45) is 0. The largest absolute Gasteiger partial charge is 0.497 e. The molecule has 0 unspecified atom stereocenters. The molecular weight excluding hydrogens is 297 g/mol. The van der Waals surface area contributed by atoms with Gasteiger partial charge in [-0.1, -0.05) is 0 Å². The minimum atomic E-state index is -0.330. The van der Waals surface area contributed by atoms with E-state index in [4.69, 9.17) is 4.74 Å². The molecule has 0 aliphatic carbocycles. The van der Waals surface area contributed by atoms with Gasteiger partial charge in [0.05, 0.1) is 12.8 Å². The van der Waals surface area contributed by atoms with Gasteiger partial charge in [0.15, 0.2) is 0 Å². The summed E-state index contributed by atoms with van der Waals surface area (Å²) in [6.45, 7) is 0. The average Bonchev–Trinajstić information content (AvgIpc) is 2.56. The molecule has 2 aromatic carbocycles. The van der Waals surface area contributed by atoms with E-state index in [1.807, 2.05) is 12.1 Å². The van der Waals surface area contributed by atoms with E-state index >= 15 is 0 Å². The fourth-order valence-electron chi connectivity index (χ4n) is 2.10. The normalized spacial score (nSPS) is 10.3. The van der Waals surface area contributed by atoms with Crippen LogP contribution in [0, 0.1) is 5.82 Å². The van der Waals surface area contributed by atoms with Crippen LogP contribution in [-0.2, 0) is 0 Å². The van der Waals surface area contributed by atoms with Gasteiger partial charge in [-0.15, -0.1) is 0 Å². The summed E-state index contributed by atoms with van der Waals surface area (Å²) >= 11 is 0. The third kappa shape index (κ3) is 3.55. The van der Waals surface area contributed by atoms with Crippen LogP contribution < -0.4 is 15.6 Å². The number of methoxy groups -OCH3 is 1. The predicted molar refractivity (Wildman–Crippen MR) is 86.5 cm³/mol. The summed E-state index contributed by atoms with van der Waals surface area (Å²) in [5, 5.41) is 2.95. The summed E-state index contributed by atoms with van der Waals surface area (Å²) in [7, 11) is 1.59. The molecule has 1 heterocycles. The highest BCUT2D eigenvalue weighted by Gasteiger charge is 2.05. The van der Waals surface area contributed by atoms with Crippen molar-refractivity contribution in [2.24, 2.45) is 0 Å². The van der Waals surface area contributed by atoms with Crippen molar-refractivity contribution in [1.82, 2.24) is 9.97 Å². The molecule has 0 spiro atoms. The highest BCUT2D eigenvalue weighted by atomic mass is 19.1. The first-order chi connectivity index (χ1) is 11.1. The van der Waals surface area contributed by atoms with Crippen molar-refractivity contribution >= 4 is 11.6 Å². The maximum absolute atomic E-state index is 12.9. The fraction of sp³-hybridized carbons (Fsp3) is 0.0588. The molecule has 0 aliphatic heterocycles. The van der Waals surface area contributed by atoms with Gasteiger partial charge >= 0.3 is 0 Å². The first kappa shape index (κ1) is 14.8. The maximum atomic E-state index is 12.9. The molecule has 0 bridgehead atoms. The number of nitrogens with one attached hydrogen (secondary N) is 2. The zero-order chi connectivity index (χ0) is 16.2. The van der Waals surface area contributed by atoms with E-state index in [-0.39, 0.29) is 17.3 Å². The van der Waals surface area contributed by atoms with Gasteiger partial charge in [0.1, 0.15) is 11.6 Å². The quantitative estimate of drug-likeness (QED) is 0.775. The third-order valence-electron chi connectivity index (χ3n) is 3.23. The number of ether oxygens (including phenoxy) is 1. The summed E-state index contributed by atoms with van der Waals surface area (Å²) in [4.78, 5) is 18.8. The number of H-pyrrole nitrogens is 1. The Kier molecular flexibility index (Phi) is 4.05. The molecule has 23 heavy (non-hydrogen) atoms. The van der Waals surface area contributed by atoms with Crippen LogP contribution >= 0.6 is 0 Å². The van der Waals surface area contributed by atoms with Gasteiger partial charge in [0, 0.05) is 17.3 Å². The third-order valence-corrected chi connectivity index (χ3v) is 3.23. The minimum absolute atomic E-state index is 0.282. The van der Waals surface area contributed by atoms with Gasteiger partial charge in [0.25, 0.3) is 5.56 Å². The molecule has 0 saturated heterocycles. The second-order valence-corrected chi connectivity index (χ2v) is 4.84. The average molecular weight is 311 g/mol. The van der Waals surface area contributed by atoms with Crippen molar-refractivity contribution in [3.63, 3.8) is 0 Å². The smallest absolute Gasteiger partial charge is 0.252 e. The van der Waals surface area contributed by atoms with Gasteiger partial charge in [-0.2, -0.15) is 0 Å². The van der Waals surface area contributed by atoms with E-state index < -0.39 is 0 Å². The molecule has 6 heteroatoms. The van der Waals surface area contributed by atoms with Gasteiger partial charge in [-0.3, -0.25) is 9.78 Å². The van der Waals surface area contributed by atoms with Crippen molar-refractivity contribution in [3.05, 3.63) is 70.8 Å². The van der Waals surface area contributed by atoms with Gasteiger partial charge in [-0.05, 0) is 48.5 Å². The van der Waals surface area contributed by atoms with Gasteiger partial charge in [-0.25, -0.2) is 9.37 Å². The Morgan fingerprint density at radius 3 is 2.43 bits per heavy atom. The number of aromatic amines is 1. The van der Waals surface area contributed by atoms with Gasteiger partial charge in [0.2, 0.25) is 5.95 Å². The Morgan fingerprint density at radius 2 is 1.78 bits per heavy atom. The number of rotatable bonds is 4. The molecule has 5 nitrogen and oxygen atoms in total. The number of benzene rings is 2. The minimum Gasteiger partial charge on any atom is -0.497 e. The highest BCUT2D eigenvalue weighted by molar-refractivity contribution is 5.62. The number of halogens is 1. The van der Waals surface area contributed by atoms with Crippen LogP contribution in [0.15, 0.2) is 59.4 Å². The van der Waals surface area contributed by atoms with Crippen molar-refractivity contribution in [2.75, 3.05) is 12.4 Å². The first-order valence-electron chi connectivity index (χ1n) is 6.92. The first-order valence-corrected chi connectivity index (χ1v) is 6.92. The Bertz CT molecular complexity index is 858. The Labute approximate surface area is 131 Å². The molecule has 0 fully saturated rings. The molecule has 0 radical (unpaired) electrons. The molecule has 3 aromatic rings. The number of nitrogens with zero attached hydrogens (tertiary/aromatic N) is 1. The summed E-state index contributed by atoms with van der Waals surface area (Å²) in [6, 6.07) is 14.4. The summed E-state index contributed by atoms with van der Waals surface area (Å²) < 4.78 is 18.0. The number of hydrogen-bond donors (Lipinski definition) is 2. The van der Waals surface area contributed by atoms with Crippen LogP contribution in [0.3, 0.4) is 0 Å². The van der Waals surface area contributed by atoms with Crippen LogP contribution in [0.5, 0.6) is 5.75 Å². The van der Waals surface area contributed by atoms with E-state index in [1.54, 1.807) is 31.4 Å². The Balaban J connectivity index is 1.91. The molecule has 1 aromatic heterocycles. The highest BCUT2D eigenvalue weighted by Crippen LogP contribution is 2.21. The lowest BCUT2D eigenvalue weighted by Crippen LogP contribution is -2.10. The molecule has 0 aliphatic rings. The maximum Gasteiger partial charge on any atom is 0.252 e. The standard InChI is InChI=1S/C17H14FN3O2/c1-23-14-8-2-11(3-9-14)15-10-16(22)21-17(20-15)19-13-6-4-12(18)5-7-13/h2-10H,1H3,(H2,19,20,21,22). The van der Waals surface area contributed by atoms with Crippen molar-refractivity contribution in [3.8, 4) is 17.0 Å². The van der Waals surface area contributed by atoms with E-state index in [0.717, 1.165) is 11.3 Å². The lowest BCUT2D eigenvalue weighted by Gasteiger charge is -2.08. The van der Waals surface area contributed by atoms with E-state index in [9.17, 15) is 9.18 Å². The number of hydrogen-bond acceptors (Lipinski definition) is 4. The monoisotopic (exact) mass is 311 g/mol. The predicted octanol–water partition coefficient (Wildman–Crippen LogP) is 3.33. The van der Waals surface area contributed by atoms with Crippen LogP contribution in [0.4, 0.5) is 16.0 Å². The summed E-state index contributed by atoms with van der Waals surface area (Å²) in [5.74, 6) is 0.683. The molecular formula is C17H14FN3O2. The number of aromatic nitrogens is 2. The van der Waals surface area contributed by atoms with E-state index in [2.05, 4.69) is 15.3 Å². The molecule has 0 saturated carbocycles. The van der Waals surface area contributed by atoms with E-state index in [1.165, 1.54) is 18.2 Å². The topological polar surface area (TPSA) is 67.0 Å². The van der Waals surface area contributed by atoms with Gasteiger partial charge < -0.3 is 10.1 Å². The zero-order valence-electron chi connectivity index (χ0n) is 12.3. The Morgan fingerprint density at radius 1 is 1.09 bits per heavy atom. The van der Waals surface area contributed by atoms with Crippen LogP contribution in [0.1, 0.15) is 0 Å². The van der Waals surface area contributed by atoms with Crippen molar-refractivity contribution in [2.45, 2.75) is 0 Å². The van der Waals surface area contributed by atoms with Crippen LogP contribution in [-0.4, -0.2) is 17.1 Å². The molecule has 3 rings (SSSR count). The lowest BCUT2D eigenvalue weighted by atomic mass is 10.1. The van der Waals surface area contributed by atoms with Crippen LogP contribution in [0.2, 0.25) is 0 Å². The Hall–Kier alpha value is -3.15. The van der Waals surface area contributed by atoms with Crippen molar-refractivity contribution < 1.29 is 9.13 Å².